The molecule has 0 radical (unpaired) electrons. The number of rotatable bonds is 5. The number of H-pyrrole nitrogens is 1. The van der Waals surface area contributed by atoms with Crippen LogP contribution in [0.25, 0.3) is 11.3 Å². The van der Waals surface area contributed by atoms with E-state index in [0.717, 1.165) is 23.4 Å². The number of carbonyl (C=O) groups excluding carboxylic acids is 2. The zero-order chi connectivity index (χ0) is 18.5. The molecule has 2 aromatic carbocycles. The summed E-state index contributed by atoms with van der Waals surface area (Å²) in [7, 11) is 0. The van der Waals surface area contributed by atoms with E-state index in [1.807, 2.05) is 6.07 Å². The second-order valence-corrected chi connectivity index (χ2v) is 5.40. The summed E-state index contributed by atoms with van der Waals surface area (Å²) in [6, 6.07) is 11.4. The zero-order valence-electron chi connectivity index (χ0n) is 13.4. The molecule has 3 rings (SSSR count). The second-order valence-electron chi connectivity index (χ2n) is 5.40. The van der Waals surface area contributed by atoms with Crippen LogP contribution in [0.5, 0.6) is 0 Å². The number of nitrogens with one attached hydrogen (secondary N) is 3. The standard InChI is InChI=1S/C18H14F2N4O2/c19-12-3-6-14(15(20)9-12)18(26)21-10-17(25)23-13-4-1-11(2-5-13)16-7-8-22-24-16/h1-9H,10H2,(H,21,26)(H,22,24)(H,23,25). The molecule has 3 aromatic rings. The summed E-state index contributed by atoms with van der Waals surface area (Å²) in [5.41, 5.74) is 1.96. The van der Waals surface area contributed by atoms with Gasteiger partial charge in [-0.15, -0.1) is 0 Å². The molecule has 0 atom stereocenters. The van der Waals surface area contributed by atoms with E-state index in [-0.39, 0.29) is 12.1 Å². The number of amides is 2. The SMILES string of the molecule is O=C(CNC(=O)c1ccc(F)cc1F)Nc1ccc(-c2ccn[nH]2)cc1. The van der Waals surface area contributed by atoms with Gasteiger partial charge in [-0.3, -0.25) is 14.7 Å². The highest BCUT2D eigenvalue weighted by Crippen LogP contribution is 2.18. The Labute approximate surface area is 147 Å². The van der Waals surface area contributed by atoms with Gasteiger partial charge in [-0.1, -0.05) is 12.1 Å². The fourth-order valence-corrected chi connectivity index (χ4v) is 2.28. The molecule has 0 saturated heterocycles. The van der Waals surface area contributed by atoms with Crippen molar-refractivity contribution in [3.8, 4) is 11.3 Å². The molecule has 0 bridgehead atoms. The number of anilines is 1. The fraction of sp³-hybridized carbons (Fsp3) is 0.0556. The molecule has 26 heavy (non-hydrogen) atoms. The number of halogens is 2. The van der Waals surface area contributed by atoms with Gasteiger partial charge in [0.1, 0.15) is 11.6 Å². The monoisotopic (exact) mass is 356 g/mol. The minimum Gasteiger partial charge on any atom is -0.343 e. The molecule has 0 unspecified atom stereocenters. The molecule has 0 aliphatic heterocycles. The highest BCUT2D eigenvalue weighted by Gasteiger charge is 2.13. The Bertz CT molecular complexity index is 925. The first-order valence-electron chi connectivity index (χ1n) is 7.66. The topological polar surface area (TPSA) is 86.9 Å². The number of benzene rings is 2. The van der Waals surface area contributed by atoms with Gasteiger partial charge in [0.25, 0.3) is 5.91 Å². The van der Waals surface area contributed by atoms with Crippen LogP contribution in [0.1, 0.15) is 10.4 Å². The van der Waals surface area contributed by atoms with Crippen molar-refractivity contribution in [1.29, 1.82) is 0 Å². The number of aromatic amines is 1. The van der Waals surface area contributed by atoms with Crippen molar-refractivity contribution < 1.29 is 18.4 Å². The first-order chi connectivity index (χ1) is 12.5. The van der Waals surface area contributed by atoms with Gasteiger partial charge in [0, 0.05) is 18.0 Å². The van der Waals surface area contributed by atoms with E-state index in [9.17, 15) is 18.4 Å². The molecule has 0 fully saturated rings. The van der Waals surface area contributed by atoms with Crippen LogP contribution in [0, 0.1) is 11.6 Å². The third-order valence-corrected chi connectivity index (χ3v) is 3.57. The molecule has 132 valence electrons. The molecule has 0 aliphatic rings. The summed E-state index contributed by atoms with van der Waals surface area (Å²) in [6.07, 6.45) is 1.64. The lowest BCUT2D eigenvalue weighted by Crippen LogP contribution is -2.33. The van der Waals surface area contributed by atoms with Crippen LogP contribution >= 0.6 is 0 Å². The van der Waals surface area contributed by atoms with E-state index < -0.39 is 23.4 Å². The van der Waals surface area contributed by atoms with Crippen LogP contribution in [0.2, 0.25) is 0 Å². The Morgan fingerprint density at radius 3 is 2.46 bits per heavy atom. The Morgan fingerprint density at radius 1 is 1.04 bits per heavy atom. The molecule has 0 spiro atoms. The molecule has 1 aromatic heterocycles. The quantitative estimate of drug-likeness (QED) is 0.657. The van der Waals surface area contributed by atoms with Gasteiger partial charge in [-0.2, -0.15) is 5.10 Å². The Balaban J connectivity index is 1.54. The predicted octanol–water partition coefficient (Wildman–Crippen LogP) is 2.72. The minimum atomic E-state index is -0.989. The molecule has 1 heterocycles. The average molecular weight is 356 g/mol. The highest BCUT2D eigenvalue weighted by atomic mass is 19.1. The van der Waals surface area contributed by atoms with E-state index >= 15 is 0 Å². The van der Waals surface area contributed by atoms with Crippen molar-refractivity contribution in [2.75, 3.05) is 11.9 Å². The van der Waals surface area contributed by atoms with Crippen molar-refractivity contribution in [1.82, 2.24) is 15.5 Å². The molecule has 8 heteroatoms. The van der Waals surface area contributed by atoms with Gasteiger partial charge >= 0.3 is 0 Å². The van der Waals surface area contributed by atoms with Crippen molar-refractivity contribution in [2.24, 2.45) is 0 Å². The van der Waals surface area contributed by atoms with Crippen LogP contribution < -0.4 is 10.6 Å². The fourth-order valence-electron chi connectivity index (χ4n) is 2.28. The lowest BCUT2D eigenvalue weighted by Gasteiger charge is -2.08. The maximum absolute atomic E-state index is 13.5. The van der Waals surface area contributed by atoms with E-state index in [2.05, 4.69) is 20.8 Å². The van der Waals surface area contributed by atoms with Crippen LogP contribution in [0.15, 0.2) is 54.7 Å². The molecular formula is C18H14F2N4O2. The Morgan fingerprint density at radius 2 is 1.81 bits per heavy atom. The normalized spacial score (nSPS) is 10.4. The summed E-state index contributed by atoms with van der Waals surface area (Å²) in [5.74, 6) is -3.05. The van der Waals surface area contributed by atoms with Gasteiger partial charge in [-0.25, -0.2) is 8.78 Å². The maximum Gasteiger partial charge on any atom is 0.254 e. The minimum absolute atomic E-state index is 0.330. The predicted molar refractivity (Wildman–Crippen MR) is 91.3 cm³/mol. The molecular weight excluding hydrogens is 342 g/mol. The largest absolute Gasteiger partial charge is 0.343 e. The van der Waals surface area contributed by atoms with E-state index in [1.165, 1.54) is 0 Å². The van der Waals surface area contributed by atoms with E-state index in [4.69, 9.17) is 0 Å². The summed E-state index contributed by atoms with van der Waals surface area (Å²) < 4.78 is 26.4. The van der Waals surface area contributed by atoms with Gasteiger partial charge < -0.3 is 10.6 Å². The first-order valence-corrected chi connectivity index (χ1v) is 7.66. The van der Waals surface area contributed by atoms with Crippen LogP contribution in [-0.4, -0.2) is 28.6 Å². The van der Waals surface area contributed by atoms with Crippen LogP contribution in [0.3, 0.4) is 0 Å². The highest BCUT2D eigenvalue weighted by molar-refractivity contribution is 5.99. The lowest BCUT2D eigenvalue weighted by atomic mass is 10.1. The van der Waals surface area contributed by atoms with E-state index in [1.54, 1.807) is 30.5 Å². The van der Waals surface area contributed by atoms with Gasteiger partial charge in [0.15, 0.2) is 0 Å². The smallest absolute Gasteiger partial charge is 0.254 e. The number of nitrogens with zero attached hydrogens (tertiary/aromatic N) is 1. The second kappa shape index (κ2) is 7.56. The average Bonchev–Trinajstić information content (AvgIpc) is 3.15. The summed E-state index contributed by atoms with van der Waals surface area (Å²) >= 11 is 0. The van der Waals surface area contributed by atoms with E-state index in [0.29, 0.717) is 11.8 Å². The van der Waals surface area contributed by atoms with Crippen molar-refractivity contribution in [3.63, 3.8) is 0 Å². The van der Waals surface area contributed by atoms with Crippen molar-refractivity contribution in [2.45, 2.75) is 0 Å². The zero-order valence-corrected chi connectivity index (χ0v) is 13.4. The van der Waals surface area contributed by atoms with Crippen LogP contribution in [-0.2, 0) is 4.79 Å². The number of aromatic nitrogens is 2. The van der Waals surface area contributed by atoms with Gasteiger partial charge in [0.2, 0.25) is 5.91 Å². The maximum atomic E-state index is 13.5. The number of hydrogen-bond donors (Lipinski definition) is 3. The van der Waals surface area contributed by atoms with Gasteiger partial charge in [-0.05, 0) is 35.9 Å². The molecule has 2 amide bonds. The number of carbonyl (C=O) groups is 2. The summed E-state index contributed by atoms with van der Waals surface area (Å²) in [5, 5.41) is 11.6. The first kappa shape index (κ1) is 17.3. The third-order valence-electron chi connectivity index (χ3n) is 3.57. The Kier molecular flexibility index (Phi) is 5.02. The van der Waals surface area contributed by atoms with Crippen molar-refractivity contribution >= 4 is 17.5 Å². The Hall–Kier alpha value is -3.55. The summed E-state index contributed by atoms with van der Waals surface area (Å²) in [4.78, 5) is 23.8. The lowest BCUT2D eigenvalue weighted by molar-refractivity contribution is -0.115. The van der Waals surface area contributed by atoms with Crippen LogP contribution in [0.4, 0.5) is 14.5 Å². The molecule has 0 aliphatic carbocycles. The number of hydrogen-bond acceptors (Lipinski definition) is 3. The van der Waals surface area contributed by atoms with Crippen molar-refractivity contribution in [3.05, 3.63) is 71.9 Å². The molecule has 6 nitrogen and oxygen atoms in total. The third kappa shape index (κ3) is 4.10. The molecule has 3 N–H and O–H groups in total. The molecule has 0 saturated carbocycles. The van der Waals surface area contributed by atoms with Gasteiger partial charge in [0.05, 0.1) is 17.8 Å². The summed E-state index contributed by atoms with van der Waals surface area (Å²) in [6.45, 7) is -0.349.